The standard InChI is InChI=1S/C16H32N2O/c1-13(14-6-10-19-11-7-14)18-9-5-8-17-15(12-18)16(2,3)4/h13-15,17H,5-12H2,1-4H3. The molecule has 0 radical (unpaired) electrons. The van der Waals surface area contributed by atoms with Crippen molar-refractivity contribution in [2.45, 2.75) is 59.0 Å². The van der Waals surface area contributed by atoms with Crippen molar-refractivity contribution in [1.29, 1.82) is 0 Å². The van der Waals surface area contributed by atoms with Gasteiger partial charge in [-0.2, -0.15) is 0 Å². The molecule has 2 heterocycles. The minimum absolute atomic E-state index is 0.345. The first-order valence-corrected chi connectivity index (χ1v) is 8.03. The van der Waals surface area contributed by atoms with Crippen molar-refractivity contribution >= 4 is 0 Å². The van der Waals surface area contributed by atoms with Gasteiger partial charge in [0.25, 0.3) is 0 Å². The van der Waals surface area contributed by atoms with Gasteiger partial charge in [-0.15, -0.1) is 0 Å². The van der Waals surface area contributed by atoms with E-state index in [-0.39, 0.29) is 0 Å². The van der Waals surface area contributed by atoms with E-state index in [1.54, 1.807) is 0 Å². The summed E-state index contributed by atoms with van der Waals surface area (Å²) in [4.78, 5) is 2.73. The Kier molecular flexibility index (Phi) is 5.27. The number of nitrogens with one attached hydrogen (secondary N) is 1. The van der Waals surface area contributed by atoms with Gasteiger partial charge in [-0.25, -0.2) is 0 Å². The molecule has 2 fully saturated rings. The van der Waals surface area contributed by atoms with Gasteiger partial charge in [0.1, 0.15) is 0 Å². The van der Waals surface area contributed by atoms with Crippen LogP contribution in [0.1, 0.15) is 47.0 Å². The molecule has 0 aromatic carbocycles. The fraction of sp³-hybridized carbons (Fsp3) is 1.00. The van der Waals surface area contributed by atoms with Crippen molar-refractivity contribution in [2.75, 3.05) is 32.8 Å². The lowest BCUT2D eigenvalue weighted by Crippen LogP contribution is -2.50. The normalized spacial score (nSPS) is 30.0. The predicted molar refractivity (Wildman–Crippen MR) is 80.4 cm³/mol. The zero-order valence-corrected chi connectivity index (χ0v) is 13.2. The van der Waals surface area contributed by atoms with Crippen LogP contribution < -0.4 is 5.32 Å². The minimum atomic E-state index is 0.345. The van der Waals surface area contributed by atoms with E-state index in [2.05, 4.69) is 37.9 Å². The molecule has 0 saturated carbocycles. The van der Waals surface area contributed by atoms with Crippen molar-refractivity contribution in [3.63, 3.8) is 0 Å². The highest BCUT2D eigenvalue weighted by atomic mass is 16.5. The third-order valence-electron chi connectivity index (χ3n) is 5.00. The first kappa shape index (κ1) is 15.3. The lowest BCUT2D eigenvalue weighted by atomic mass is 9.85. The summed E-state index contributed by atoms with van der Waals surface area (Å²) >= 11 is 0. The average molecular weight is 268 g/mol. The van der Waals surface area contributed by atoms with Crippen LogP contribution >= 0.6 is 0 Å². The SMILES string of the molecule is CC(C1CCOCC1)N1CCCNC(C(C)(C)C)C1. The van der Waals surface area contributed by atoms with Gasteiger partial charge in [0.15, 0.2) is 0 Å². The van der Waals surface area contributed by atoms with Crippen LogP contribution in [-0.2, 0) is 4.74 Å². The quantitative estimate of drug-likeness (QED) is 0.833. The maximum atomic E-state index is 5.51. The van der Waals surface area contributed by atoms with Crippen molar-refractivity contribution in [3.8, 4) is 0 Å². The monoisotopic (exact) mass is 268 g/mol. The summed E-state index contributed by atoms with van der Waals surface area (Å²) in [5, 5.41) is 3.74. The summed E-state index contributed by atoms with van der Waals surface area (Å²) in [5.41, 5.74) is 0.345. The molecular weight excluding hydrogens is 236 g/mol. The first-order valence-electron chi connectivity index (χ1n) is 8.03. The van der Waals surface area contributed by atoms with Crippen LogP contribution in [0, 0.1) is 11.3 Å². The largest absolute Gasteiger partial charge is 0.381 e. The zero-order valence-electron chi connectivity index (χ0n) is 13.2. The summed E-state index contributed by atoms with van der Waals surface area (Å²) in [5.74, 6) is 0.826. The highest BCUT2D eigenvalue weighted by molar-refractivity contribution is 4.89. The van der Waals surface area contributed by atoms with Crippen molar-refractivity contribution < 1.29 is 4.74 Å². The Bertz CT molecular complexity index is 268. The van der Waals surface area contributed by atoms with Crippen LogP contribution in [0.3, 0.4) is 0 Å². The van der Waals surface area contributed by atoms with Crippen LogP contribution in [0.4, 0.5) is 0 Å². The Balaban J connectivity index is 1.96. The van der Waals surface area contributed by atoms with Gasteiger partial charge in [0.2, 0.25) is 0 Å². The molecule has 0 amide bonds. The van der Waals surface area contributed by atoms with Crippen molar-refractivity contribution in [2.24, 2.45) is 11.3 Å². The maximum Gasteiger partial charge on any atom is 0.0469 e. The molecule has 2 aliphatic rings. The van der Waals surface area contributed by atoms with Gasteiger partial charge in [-0.1, -0.05) is 20.8 Å². The van der Waals surface area contributed by atoms with Gasteiger partial charge in [-0.3, -0.25) is 4.90 Å². The molecule has 3 heteroatoms. The molecule has 1 N–H and O–H groups in total. The van der Waals surface area contributed by atoms with E-state index >= 15 is 0 Å². The zero-order chi connectivity index (χ0) is 13.9. The molecule has 0 spiro atoms. The second-order valence-corrected chi connectivity index (χ2v) is 7.41. The summed E-state index contributed by atoms with van der Waals surface area (Å²) in [7, 11) is 0. The molecule has 2 aliphatic heterocycles. The minimum Gasteiger partial charge on any atom is -0.381 e. The van der Waals surface area contributed by atoms with Crippen LogP contribution in [0.2, 0.25) is 0 Å². The lowest BCUT2D eigenvalue weighted by molar-refractivity contribution is 0.0267. The third kappa shape index (κ3) is 4.17. The van der Waals surface area contributed by atoms with E-state index in [1.165, 1.54) is 38.9 Å². The van der Waals surface area contributed by atoms with Gasteiger partial charge in [0, 0.05) is 31.8 Å². The molecule has 0 aromatic heterocycles. The van der Waals surface area contributed by atoms with Crippen molar-refractivity contribution in [3.05, 3.63) is 0 Å². The van der Waals surface area contributed by atoms with Gasteiger partial charge in [0.05, 0.1) is 0 Å². The Morgan fingerprint density at radius 3 is 2.53 bits per heavy atom. The second kappa shape index (κ2) is 6.55. The van der Waals surface area contributed by atoms with Crippen LogP contribution in [0.5, 0.6) is 0 Å². The molecule has 2 unspecified atom stereocenters. The van der Waals surface area contributed by atoms with E-state index < -0.39 is 0 Å². The van der Waals surface area contributed by atoms with Gasteiger partial charge < -0.3 is 10.1 Å². The second-order valence-electron chi connectivity index (χ2n) is 7.41. The summed E-state index contributed by atoms with van der Waals surface area (Å²) in [6.45, 7) is 15.0. The number of rotatable bonds is 2. The molecule has 112 valence electrons. The molecule has 19 heavy (non-hydrogen) atoms. The molecule has 3 nitrogen and oxygen atoms in total. The Morgan fingerprint density at radius 2 is 1.89 bits per heavy atom. The first-order chi connectivity index (χ1) is 8.98. The molecule has 0 aliphatic carbocycles. The predicted octanol–water partition coefficient (Wildman–Crippen LogP) is 2.51. The Morgan fingerprint density at radius 1 is 1.21 bits per heavy atom. The van der Waals surface area contributed by atoms with E-state index in [9.17, 15) is 0 Å². The van der Waals surface area contributed by atoms with Gasteiger partial charge in [-0.05, 0) is 50.6 Å². The summed E-state index contributed by atoms with van der Waals surface area (Å²) < 4.78 is 5.51. The average Bonchev–Trinajstić information content (AvgIpc) is 2.64. The van der Waals surface area contributed by atoms with Gasteiger partial charge >= 0.3 is 0 Å². The number of ether oxygens (including phenoxy) is 1. The number of hydrogen-bond acceptors (Lipinski definition) is 3. The molecular formula is C16H32N2O. The lowest BCUT2D eigenvalue weighted by Gasteiger charge is -2.39. The third-order valence-corrected chi connectivity index (χ3v) is 5.00. The highest BCUT2D eigenvalue weighted by Crippen LogP contribution is 2.27. The summed E-state index contributed by atoms with van der Waals surface area (Å²) in [6, 6.07) is 1.31. The molecule has 2 atom stereocenters. The molecule has 0 aromatic rings. The van der Waals surface area contributed by atoms with Crippen LogP contribution in [0.25, 0.3) is 0 Å². The molecule has 2 saturated heterocycles. The van der Waals surface area contributed by atoms with E-state index in [1.807, 2.05) is 0 Å². The van der Waals surface area contributed by atoms with E-state index in [0.717, 1.165) is 19.1 Å². The van der Waals surface area contributed by atoms with Crippen molar-refractivity contribution in [1.82, 2.24) is 10.2 Å². The van der Waals surface area contributed by atoms with Crippen LogP contribution in [-0.4, -0.2) is 49.8 Å². The van der Waals surface area contributed by atoms with E-state index in [0.29, 0.717) is 17.5 Å². The maximum absolute atomic E-state index is 5.51. The number of hydrogen-bond donors (Lipinski definition) is 1. The smallest absolute Gasteiger partial charge is 0.0469 e. The molecule has 0 bridgehead atoms. The highest BCUT2D eigenvalue weighted by Gasteiger charge is 2.32. The fourth-order valence-electron chi connectivity index (χ4n) is 3.40. The topological polar surface area (TPSA) is 24.5 Å². The molecule has 2 rings (SSSR count). The van der Waals surface area contributed by atoms with Crippen LogP contribution in [0.15, 0.2) is 0 Å². The fourth-order valence-corrected chi connectivity index (χ4v) is 3.40. The summed E-state index contributed by atoms with van der Waals surface area (Å²) in [6.07, 6.45) is 3.76. The Labute approximate surface area is 119 Å². The number of nitrogens with zero attached hydrogens (tertiary/aromatic N) is 1. The van der Waals surface area contributed by atoms with E-state index in [4.69, 9.17) is 4.74 Å². The Hall–Kier alpha value is -0.120.